The number of anilines is 1. The number of hydrogen-bond acceptors (Lipinski definition) is 17. The Labute approximate surface area is 289 Å². The van der Waals surface area contributed by atoms with E-state index in [0.29, 0.717) is 17.0 Å². The van der Waals surface area contributed by atoms with Crippen LogP contribution in [0.15, 0.2) is 23.6 Å². The number of nitrogens with zero attached hydrogens (tertiary/aromatic N) is 8. The van der Waals surface area contributed by atoms with E-state index in [1.807, 2.05) is 6.07 Å². The van der Waals surface area contributed by atoms with Gasteiger partial charge in [0.15, 0.2) is 29.1 Å². The number of rotatable bonds is 17. The third kappa shape index (κ3) is 8.42. The van der Waals surface area contributed by atoms with Gasteiger partial charge in [0, 0.05) is 24.1 Å². The van der Waals surface area contributed by atoms with Gasteiger partial charge in [0.05, 0.1) is 44.8 Å². The number of nitriles is 1. The summed E-state index contributed by atoms with van der Waals surface area (Å²) in [5.41, 5.74) is 0.151. The van der Waals surface area contributed by atoms with E-state index >= 15 is 0 Å². The number of carbonyl (C=O) groups excluding carboxylic acids is 1. The molecule has 1 aliphatic heterocycles. The number of fused-ring (bicyclic) bond motifs is 2. The molecule has 50 heavy (non-hydrogen) atoms. The highest BCUT2D eigenvalue weighted by Crippen LogP contribution is 2.51. The number of ether oxygens (including phenoxy) is 2. The van der Waals surface area contributed by atoms with Gasteiger partial charge in [-0.15, -0.1) is 9.42 Å². The van der Waals surface area contributed by atoms with Crippen LogP contribution in [0.1, 0.15) is 32.3 Å². The molecule has 4 aromatic rings. The van der Waals surface area contributed by atoms with Crippen molar-refractivity contribution in [2.24, 2.45) is 5.92 Å². The van der Waals surface area contributed by atoms with Crippen LogP contribution in [0, 0.1) is 17.2 Å². The van der Waals surface area contributed by atoms with Crippen molar-refractivity contribution < 1.29 is 46.9 Å². The first kappa shape index (κ1) is 37.5. The Hall–Kier alpha value is -3.71. The van der Waals surface area contributed by atoms with Crippen LogP contribution in [0.25, 0.3) is 22.3 Å². The van der Waals surface area contributed by atoms with Crippen molar-refractivity contribution in [3.05, 3.63) is 35.0 Å². The highest BCUT2D eigenvalue weighted by atomic mass is 32.5. The van der Waals surface area contributed by atoms with Crippen molar-refractivity contribution in [3.63, 3.8) is 0 Å². The molecule has 5 rings (SSSR count). The summed E-state index contributed by atoms with van der Waals surface area (Å²) >= 11 is 5.65. The van der Waals surface area contributed by atoms with Crippen LogP contribution in [0.3, 0.4) is 0 Å². The second-order valence-electron chi connectivity index (χ2n) is 10.8. The maximum atomic E-state index is 12.8. The molecule has 1 amide bonds. The predicted molar refractivity (Wildman–Crippen MR) is 175 cm³/mol. The third-order valence-corrected chi connectivity index (χ3v) is 10.1. The number of amides is 1. The van der Waals surface area contributed by atoms with Gasteiger partial charge in [0.1, 0.15) is 36.5 Å². The second kappa shape index (κ2) is 16.5. The number of aromatic nitrogens is 8. The number of aliphatic hydroxyl groups is 1. The van der Waals surface area contributed by atoms with Crippen molar-refractivity contribution in [2.45, 2.75) is 58.0 Å². The fourth-order valence-electron chi connectivity index (χ4n) is 5.00. The van der Waals surface area contributed by atoms with Gasteiger partial charge < -0.3 is 32.7 Å². The Morgan fingerprint density at radius 3 is 2.72 bits per heavy atom. The summed E-state index contributed by atoms with van der Waals surface area (Å²) in [7, 11) is -1.86. The average Bonchev–Trinajstić information content (AvgIpc) is 3.77. The zero-order valence-corrected chi connectivity index (χ0v) is 29.4. The van der Waals surface area contributed by atoms with Crippen LogP contribution < -0.4 is 10.9 Å². The zero-order chi connectivity index (χ0) is 36.0. The number of aliphatic hydroxyl groups excluding tert-OH is 1. The molecule has 0 spiro atoms. The first-order chi connectivity index (χ1) is 24.0. The number of aromatic amines is 1. The van der Waals surface area contributed by atoms with E-state index < -0.39 is 56.9 Å². The fourth-order valence-corrected chi connectivity index (χ4v) is 7.24. The number of carbonyl (C=O) groups is 1. The smallest absolute Gasteiger partial charge is 0.388 e. The molecule has 24 heteroatoms. The molecule has 21 nitrogen and oxygen atoms in total. The topological polar surface area (TPSA) is 273 Å². The summed E-state index contributed by atoms with van der Waals surface area (Å²) in [6, 6.07) is 1.96. The van der Waals surface area contributed by atoms with Gasteiger partial charge in [0.25, 0.3) is 5.56 Å². The van der Waals surface area contributed by atoms with Crippen LogP contribution in [0.2, 0.25) is 0 Å². The van der Waals surface area contributed by atoms with E-state index in [-0.39, 0.29) is 56.5 Å². The molecule has 0 saturated carbocycles. The van der Waals surface area contributed by atoms with E-state index in [1.54, 1.807) is 18.4 Å². The highest BCUT2D eigenvalue weighted by molar-refractivity contribution is 8.07. The Morgan fingerprint density at radius 2 is 2.02 bits per heavy atom. The van der Waals surface area contributed by atoms with Gasteiger partial charge >= 0.3 is 15.0 Å². The van der Waals surface area contributed by atoms with E-state index in [2.05, 4.69) is 35.2 Å². The quantitative estimate of drug-likeness (QED) is 0.0870. The minimum atomic E-state index is -3.59. The Balaban J connectivity index is 1.37. The summed E-state index contributed by atoms with van der Waals surface area (Å²) in [6.07, 6.45) is -0.497. The average molecular weight is 756 g/mol. The zero-order valence-electron chi connectivity index (χ0n) is 26.8. The maximum Gasteiger partial charge on any atom is 0.695 e. The molecule has 2 unspecified atom stereocenters. The Morgan fingerprint density at radius 1 is 1.24 bits per heavy atom. The van der Waals surface area contributed by atoms with Crippen LogP contribution in [0.5, 0.6) is 0 Å². The molecule has 0 aliphatic carbocycles. The molecule has 1 aliphatic rings. The maximum absolute atomic E-state index is 12.8. The Bertz CT molecular complexity index is 2000. The number of imidazole rings is 2. The van der Waals surface area contributed by atoms with Gasteiger partial charge in [0.2, 0.25) is 11.9 Å². The predicted octanol–water partition coefficient (Wildman–Crippen LogP) is 1.18. The monoisotopic (exact) mass is 755 g/mol. The van der Waals surface area contributed by atoms with Crippen molar-refractivity contribution in [3.8, 4) is 6.07 Å². The summed E-state index contributed by atoms with van der Waals surface area (Å²) in [5, 5.41) is 21.4. The lowest BCUT2D eigenvalue weighted by Crippen LogP contribution is -2.36. The number of hydrogen-bond donors (Lipinski definition) is 4. The molecule has 1 saturated heterocycles. The SMILES string of the molecule is CO[C@H]1[C@@H](O[P+](=O)O)[C@H](n2cnc3c(=O)[nH]c(NC(=O)C(C)C)nc32)O[C@@H]1COP(=S)(OCCC#N)OCCn1c(CO)nc2cncnc21. The van der Waals surface area contributed by atoms with E-state index in [1.165, 1.54) is 30.5 Å². The standard InChI is InChI=1S/C26H32N10O11P2S/c1-14(2)23(38)33-26-32-22-18(24(39)34-26)30-13-36(22)25-20(47-48(40)41)19(42-3)16(46-25)11-45-49(50,43-7-4-5-27)44-8-6-35-17(10-37)31-15-9-28-12-29-21(15)35/h9,12-14,16,19-20,25,37H,4,6-8,10-11H2,1-3H3,(H2-,32,33,34,38,39,40,41)/p+1/t16-,19-,20-,25-,49?/m1/s1. The number of methoxy groups -OCH3 is 1. The first-order valence-corrected chi connectivity index (χ1v) is 18.6. The number of nitrogens with one attached hydrogen (secondary N) is 2. The molecule has 0 bridgehead atoms. The minimum Gasteiger partial charge on any atom is -0.388 e. The molecular weight excluding hydrogens is 722 g/mol. The van der Waals surface area contributed by atoms with Gasteiger partial charge in [-0.05, 0) is 11.8 Å². The van der Waals surface area contributed by atoms with Crippen molar-refractivity contribution in [1.29, 1.82) is 5.26 Å². The molecule has 1 fully saturated rings. The summed E-state index contributed by atoms with van der Waals surface area (Å²) in [5.74, 6) is -0.638. The molecule has 4 N–H and O–H groups in total. The largest absolute Gasteiger partial charge is 0.695 e. The van der Waals surface area contributed by atoms with Crippen molar-refractivity contribution in [2.75, 3.05) is 32.2 Å². The van der Waals surface area contributed by atoms with Crippen molar-refractivity contribution in [1.82, 2.24) is 39.0 Å². The van der Waals surface area contributed by atoms with E-state index in [0.717, 1.165) is 0 Å². The highest BCUT2D eigenvalue weighted by Gasteiger charge is 2.52. The molecule has 0 radical (unpaired) electrons. The lowest BCUT2D eigenvalue weighted by atomic mass is 10.1. The van der Waals surface area contributed by atoms with Crippen LogP contribution in [0.4, 0.5) is 5.95 Å². The lowest BCUT2D eigenvalue weighted by Gasteiger charge is -2.25. The summed E-state index contributed by atoms with van der Waals surface area (Å²) in [4.78, 5) is 58.2. The molecule has 5 heterocycles. The molecule has 0 aromatic carbocycles. The van der Waals surface area contributed by atoms with Gasteiger partial charge in [-0.2, -0.15) is 10.2 Å². The minimum absolute atomic E-state index is 0.00947. The summed E-state index contributed by atoms with van der Waals surface area (Å²) < 4.78 is 49.7. The van der Waals surface area contributed by atoms with Crippen molar-refractivity contribution >= 4 is 61.0 Å². The van der Waals surface area contributed by atoms with Crippen LogP contribution >= 0.6 is 15.0 Å². The third-order valence-electron chi connectivity index (χ3n) is 7.30. The molecule has 268 valence electrons. The molecule has 4 aromatic heterocycles. The molecule has 6 atom stereocenters. The van der Waals surface area contributed by atoms with Gasteiger partial charge in [-0.3, -0.25) is 24.5 Å². The van der Waals surface area contributed by atoms with E-state index in [9.17, 15) is 24.2 Å². The van der Waals surface area contributed by atoms with Gasteiger partial charge in [-0.25, -0.2) is 19.9 Å². The Kier molecular flexibility index (Phi) is 12.4. The van der Waals surface area contributed by atoms with E-state index in [4.69, 9.17) is 44.6 Å². The van der Waals surface area contributed by atoms with Gasteiger partial charge in [-0.1, -0.05) is 13.8 Å². The fraction of sp³-hybridized carbons (Fsp3) is 0.538. The number of H-pyrrole nitrogens is 1. The molecular formula is C26H33N10O11P2S+. The van der Waals surface area contributed by atoms with Crippen LogP contribution in [-0.4, -0.2) is 100 Å². The second-order valence-corrected chi connectivity index (χ2v) is 14.5. The van der Waals surface area contributed by atoms with Crippen LogP contribution in [-0.2, 0) is 61.9 Å². The lowest BCUT2D eigenvalue weighted by molar-refractivity contribution is -0.118. The normalized spacial score (nSPS) is 20.7. The summed E-state index contributed by atoms with van der Waals surface area (Å²) in [6.45, 7) is -0.990. The first-order valence-electron chi connectivity index (χ1n) is 14.9.